The van der Waals surface area contributed by atoms with Gasteiger partial charge in [-0.2, -0.15) is 0 Å². The number of amides is 1. The van der Waals surface area contributed by atoms with Crippen LogP contribution in [-0.4, -0.2) is 20.3 Å². The molecule has 2 aromatic carbocycles. The van der Waals surface area contributed by atoms with E-state index < -0.39 is 17.3 Å². The first-order valence-corrected chi connectivity index (χ1v) is 8.33. The van der Waals surface area contributed by atoms with Crippen LogP contribution >= 0.6 is 11.6 Å². The topological polar surface area (TPSA) is 79.3 Å². The molecule has 27 heavy (non-hydrogen) atoms. The zero-order valence-electron chi connectivity index (χ0n) is 13.7. The number of hydrogen-bond donors (Lipinski definition) is 2. The highest BCUT2D eigenvalue weighted by molar-refractivity contribution is 6.30. The molecular formula is C19H12ClFN4O2. The molecular weight excluding hydrogens is 371 g/mol. The third-order valence-corrected chi connectivity index (χ3v) is 4.25. The summed E-state index contributed by atoms with van der Waals surface area (Å²) >= 11 is 5.86. The fraction of sp³-hybridized carbons (Fsp3) is 0. The fourth-order valence-electron chi connectivity index (χ4n) is 2.76. The molecule has 4 aromatic rings. The number of nitrogens with one attached hydrogen (secondary N) is 2. The largest absolute Gasteiger partial charge is 0.323 e. The summed E-state index contributed by atoms with van der Waals surface area (Å²) in [7, 11) is 0. The van der Waals surface area contributed by atoms with Crippen molar-refractivity contribution in [3.05, 3.63) is 87.7 Å². The number of anilines is 1. The summed E-state index contributed by atoms with van der Waals surface area (Å²) < 4.78 is 14.5. The number of imidazole rings is 1. The van der Waals surface area contributed by atoms with Crippen LogP contribution in [0.15, 0.2) is 65.6 Å². The minimum absolute atomic E-state index is 0.0738. The number of aromatic nitrogens is 3. The average Bonchev–Trinajstić information content (AvgIpc) is 3.05. The van der Waals surface area contributed by atoms with Gasteiger partial charge in [-0.1, -0.05) is 11.6 Å². The van der Waals surface area contributed by atoms with Gasteiger partial charge in [0.1, 0.15) is 11.5 Å². The van der Waals surface area contributed by atoms with E-state index in [1.54, 1.807) is 24.3 Å². The van der Waals surface area contributed by atoms with Crippen LogP contribution in [0, 0.1) is 5.82 Å². The minimum atomic E-state index is -0.516. The van der Waals surface area contributed by atoms with Gasteiger partial charge in [0.25, 0.3) is 11.5 Å². The second-order valence-corrected chi connectivity index (χ2v) is 6.20. The van der Waals surface area contributed by atoms with Crippen molar-refractivity contribution in [2.45, 2.75) is 0 Å². The van der Waals surface area contributed by atoms with E-state index in [1.807, 2.05) is 0 Å². The van der Waals surface area contributed by atoms with Crippen LogP contribution in [0.4, 0.5) is 10.1 Å². The second kappa shape index (κ2) is 6.69. The standard InChI is InChI=1S/C19H12ClFN4O2/c20-12-3-7-14(8-4-12)23-18(27)17-16(11-1-5-13(21)6-2-11)24-19-22-10-9-15(26)25(17)19/h1-10H,(H,22,24)(H,23,27). The molecule has 8 heteroatoms. The highest BCUT2D eigenvalue weighted by Gasteiger charge is 2.21. The lowest BCUT2D eigenvalue weighted by Gasteiger charge is -2.07. The zero-order chi connectivity index (χ0) is 19.0. The van der Waals surface area contributed by atoms with Crippen LogP contribution in [0.1, 0.15) is 10.5 Å². The molecule has 2 heterocycles. The van der Waals surface area contributed by atoms with Gasteiger partial charge in [0.2, 0.25) is 5.78 Å². The summed E-state index contributed by atoms with van der Waals surface area (Å²) in [5, 5.41) is 3.27. The molecule has 0 aliphatic carbocycles. The van der Waals surface area contributed by atoms with E-state index in [9.17, 15) is 14.0 Å². The summed E-state index contributed by atoms with van der Waals surface area (Å²) in [6.45, 7) is 0. The van der Waals surface area contributed by atoms with E-state index >= 15 is 0 Å². The minimum Gasteiger partial charge on any atom is -0.323 e. The molecule has 0 aliphatic heterocycles. The Morgan fingerprint density at radius 3 is 2.48 bits per heavy atom. The van der Waals surface area contributed by atoms with Gasteiger partial charge in [-0.3, -0.25) is 9.59 Å². The van der Waals surface area contributed by atoms with Gasteiger partial charge in [-0.15, -0.1) is 0 Å². The van der Waals surface area contributed by atoms with Crippen molar-refractivity contribution in [3.8, 4) is 11.3 Å². The maximum atomic E-state index is 13.3. The van der Waals surface area contributed by atoms with Crippen molar-refractivity contribution < 1.29 is 9.18 Å². The number of carbonyl (C=O) groups is 1. The Hall–Kier alpha value is -3.45. The fourth-order valence-corrected chi connectivity index (χ4v) is 2.89. The van der Waals surface area contributed by atoms with Gasteiger partial charge < -0.3 is 10.3 Å². The lowest BCUT2D eigenvalue weighted by atomic mass is 10.1. The molecule has 0 aliphatic rings. The van der Waals surface area contributed by atoms with Gasteiger partial charge in [-0.25, -0.2) is 13.8 Å². The predicted molar refractivity (Wildman–Crippen MR) is 101 cm³/mol. The van der Waals surface area contributed by atoms with Gasteiger partial charge in [0.15, 0.2) is 0 Å². The van der Waals surface area contributed by atoms with Crippen LogP contribution in [-0.2, 0) is 0 Å². The number of fused-ring (bicyclic) bond motifs is 1. The van der Waals surface area contributed by atoms with Crippen molar-refractivity contribution in [2.75, 3.05) is 5.32 Å². The van der Waals surface area contributed by atoms with E-state index in [1.165, 1.54) is 40.9 Å². The zero-order valence-corrected chi connectivity index (χ0v) is 14.5. The number of rotatable bonds is 3. The first-order chi connectivity index (χ1) is 13.0. The molecule has 0 bridgehead atoms. The summed E-state index contributed by atoms with van der Waals surface area (Å²) in [4.78, 5) is 32.4. The molecule has 2 aromatic heterocycles. The Labute approximate surface area is 157 Å². The van der Waals surface area contributed by atoms with Gasteiger partial charge in [-0.05, 0) is 48.5 Å². The molecule has 2 N–H and O–H groups in total. The lowest BCUT2D eigenvalue weighted by molar-refractivity contribution is 0.102. The van der Waals surface area contributed by atoms with Gasteiger partial charge in [0, 0.05) is 28.5 Å². The van der Waals surface area contributed by atoms with E-state index in [4.69, 9.17) is 11.6 Å². The Morgan fingerprint density at radius 1 is 1.07 bits per heavy atom. The first kappa shape index (κ1) is 17.0. The summed E-state index contributed by atoms with van der Waals surface area (Å²) in [5.41, 5.74) is 1.08. The van der Waals surface area contributed by atoms with Crippen molar-refractivity contribution in [1.82, 2.24) is 14.4 Å². The second-order valence-electron chi connectivity index (χ2n) is 5.76. The Balaban J connectivity index is 1.87. The highest BCUT2D eigenvalue weighted by Crippen LogP contribution is 2.24. The molecule has 1 amide bonds. The molecule has 4 rings (SSSR count). The van der Waals surface area contributed by atoms with Gasteiger partial charge in [0.05, 0.1) is 5.69 Å². The lowest BCUT2D eigenvalue weighted by Crippen LogP contribution is -2.21. The summed E-state index contributed by atoms with van der Waals surface area (Å²) in [6.07, 6.45) is 1.35. The first-order valence-electron chi connectivity index (χ1n) is 7.95. The monoisotopic (exact) mass is 382 g/mol. The molecule has 0 fully saturated rings. The number of halogens is 2. The van der Waals surface area contributed by atoms with E-state index in [-0.39, 0.29) is 11.5 Å². The van der Waals surface area contributed by atoms with Crippen LogP contribution in [0.25, 0.3) is 17.0 Å². The Kier molecular flexibility index (Phi) is 4.21. The molecule has 0 saturated carbocycles. The summed E-state index contributed by atoms with van der Waals surface area (Å²) in [5.74, 6) is -0.710. The van der Waals surface area contributed by atoms with Crippen molar-refractivity contribution in [1.29, 1.82) is 0 Å². The maximum absolute atomic E-state index is 13.3. The Morgan fingerprint density at radius 2 is 1.78 bits per heavy atom. The Bertz CT molecular complexity index is 1200. The quantitative estimate of drug-likeness (QED) is 0.566. The molecule has 0 unspecified atom stereocenters. The molecule has 6 nitrogen and oxygen atoms in total. The molecule has 0 saturated heterocycles. The SMILES string of the molecule is O=C(Nc1ccc(Cl)cc1)c1c(-c2ccc(F)cc2)[nH]c2nccc(=O)n12. The third kappa shape index (κ3) is 3.20. The number of nitrogens with zero attached hydrogens (tertiary/aromatic N) is 2. The van der Waals surface area contributed by atoms with Gasteiger partial charge >= 0.3 is 0 Å². The molecule has 0 atom stereocenters. The van der Waals surface area contributed by atoms with E-state index in [0.717, 1.165) is 0 Å². The van der Waals surface area contributed by atoms with Crippen molar-refractivity contribution in [3.63, 3.8) is 0 Å². The van der Waals surface area contributed by atoms with Crippen LogP contribution < -0.4 is 10.9 Å². The molecule has 134 valence electrons. The number of benzene rings is 2. The van der Waals surface area contributed by atoms with E-state index in [2.05, 4.69) is 15.3 Å². The normalized spacial score (nSPS) is 10.9. The molecule has 0 spiro atoms. The third-order valence-electron chi connectivity index (χ3n) is 3.99. The van der Waals surface area contributed by atoms with Crippen LogP contribution in [0.3, 0.4) is 0 Å². The van der Waals surface area contributed by atoms with Crippen molar-refractivity contribution in [2.24, 2.45) is 0 Å². The smallest absolute Gasteiger partial charge is 0.275 e. The highest BCUT2D eigenvalue weighted by atomic mass is 35.5. The molecule has 0 radical (unpaired) electrons. The number of hydrogen-bond acceptors (Lipinski definition) is 3. The maximum Gasteiger partial charge on any atom is 0.275 e. The average molecular weight is 383 g/mol. The van der Waals surface area contributed by atoms with Crippen LogP contribution in [0.5, 0.6) is 0 Å². The summed E-state index contributed by atoms with van der Waals surface area (Å²) in [6, 6.07) is 13.4. The number of aromatic amines is 1. The number of carbonyl (C=O) groups excluding carboxylic acids is 1. The van der Waals surface area contributed by atoms with Crippen molar-refractivity contribution >= 4 is 29.0 Å². The van der Waals surface area contributed by atoms with Crippen LogP contribution in [0.2, 0.25) is 5.02 Å². The predicted octanol–water partition coefficient (Wildman–Crippen LogP) is 3.73. The number of H-pyrrole nitrogens is 1. The van der Waals surface area contributed by atoms with E-state index in [0.29, 0.717) is 22.0 Å².